The Balaban J connectivity index is 1.88. The minimum Gasteiger partial charge on any atom is -0.300 e. The molecule has 0 amide bonds. The third-order valence-electron chi connectivity index (χ3n) is 4.18. The Hall–Kier alpha value is 0.440. The molecule has 0 spiro atoms. The van der Waals surface area contributed by atoms with Gasteiger partial charge in [-0.3, -0.25) is 0 Å². The van der Waals surface area contributed by atoms with Crippen molar-refractivity contribution in [3.63, 3.8) is 0 Å². The Labute approximate surface area is 96.4 Å². The van der Waals surface area contributed by atoms with Crippen LogP contribution in [-0.4, -0.2) is 29.4 Å². The second kappa shape index (κ2) is 4.52. The molecule has 1 heterocycles. The number of rotatable bonds is 3. The van der Waals surface area contributed by atoms with Gasteiger partial charge in [-0.2, -0.15) is 0 Å². The van der Waals surface area contributed by atoms with Crippen molar-refractivity contribution in [2.24, 2.45) is 5.41 Å². The Morgan fingerprint density at radius 1 is 1.29 bits per heavy atom. The van der Waals surface area contributed by atoms with Gasteiger partial charge < -0.3 is 4.90 Å². The highest BCUT2D eigenvalue weighted by molar-refractivity contribution is 9.09. The standard InChI is InChI=1S/C12H22BrN/c1-11-5-2-3-8-14(11)10-12(9-13)6-4-7-12/h11H,2-10H2,1H3. The number of hydrogen-bond donors (Lipinski definition) is 0. The zero-order valence-corrected chi connectivity index (χ0v) is 10.9. The van der Waals surface area contributed by atoms with Gasteiger partial charge in [0.1, 0.15) is 0 Å². The molecule has 0 bridgehead atoms. The summed E-state index contributed by atoms with van der Waals surface area (Å²) in [5, 5.41) is 1.21. The molecular formula is C12H22BrN. The Morgan fingerprint density at radius 3 is 2.57 bits per heavy atom. The van der Waals surface area contributed by atoms with E-state index in [1.54, 1.807) is 0 Å². The average Bonchev–Trinajstić information content (AvgIpc) is 2.14. The van der Waals surface area contributed by atoms with Gasteiger partial charge in [0.15, 0.2) is 0 Å². The molecular weight excluding hydrogens is 238 g/mol. The summed E-state index contributed by atoms with van der Waals surface area (Å²) in [6, 6.07) is 0.834. The van der Waals surface area contributed by atoms with Gasteiger partial charge in [-0.05, 0) is 44.6 Å². The number of nitrogens with zero attached hydrogens (tertiary/aromatic N) is 1. The maximum Gasteiger partial charge on any atom is 0.0100 e. The summed E-state index contributed by atoms with van der Waals surface area (Å²) in [6.07, 6.45) is 8.62. The molecule has 1 saturated carbocycles. The molecule has 1 unspecified atom stereocenters. The monoisotopic (exact) mass is 259 g/mol. The highest BCUT2D eigenvalue weighted by Crippen LogP contribution is 2.43. The van der Waals surface area contributed by atoms with Crippen LogP contribution in [0, 0.1) is 5.41 Å². The number of halogens is 1. The first kappa shape index (κ1) is 10.9. The van der Waals surface area contributed by atoms with Crippen LogP contribution in [0.5, 0.6) is 0 Å². The lowest BCUT2D eigenvalue weighted by Crippen LogP contribution is -2.48. The van der Waals surface area contributed by atoms with Crippen LogP contribution in [0.2, 0.25) is 0 Å². The lowest BCUT2D eigenvalue weighted by Gasteiger charge is -2.47. The van der Waals surface area contributed by atoms with Gasteiger partial charge in [0, 0.05) is 17.9 Å². The molecule has 1 saturated heterocycles. The van der Waals surface area contributed by atoms with Crippen molar-refractivity contribution < 1.29 is 0 Å². The van der Waals surface area contributed by atoms with E-state index >= 15 is 0 Å². The Kier molecular flexibility index (Phi) is 3.54. The summed E-state index contributed by atoms with van der Waals surface area (Å²) < 4.78 is 0. The molecule has 0 aromatic rings. The zero-order valence-electron chi connectivity index (χ0n) is 9.27. The summed E-state index contributed by atoms with van der Waals surface area (Å²) in [5.74, 6) is 0. The van der Waals surface area contributed by atoms with Gasteiger partial charge >= 0.3 is 0 Å². The molecule has 1 aliphatic carbocycles. The van der Waals surface area contributed by atoms with Crippen molar-refractivity contribution in [2.45, 2.75) is 51.5 Å². The molecule has 0 aromatic carbocycles. The lowest BCUT2D eigenvalue weighted by atomic mass is 9.70. The van der Waals surface area contributed by atoms with Gasteiger partial charge in [0.2, 0.25) is 0 Å². The van der Waals surface area contributed by atoms with Crippen molar-refractivity contribution in [3.05, 3.63) is 0 Å². The first-order valence-electron chi connectivity index (χ1n) is 6.06. The smallest absolute Gasteiger partial charge is 0.0100 e. The van der Waals surface area contributed by atoms with Crippen LogP contribution in [0.15, 0.2) is 0 Å². The second-order valence-electron chi connectivity index (χ2n) is 5.30. The normalized spacial score (nSPS) is 32.6. The SMILES string of the molecule is CC1CCCCN1CC1(CBr)CCC1. The molecule has 0 N–H and O–H groups in total. The fourth-order valence-electron chi connectivity index (χ4n) is 2.83. The maximum absolute atomic E-state index is 3.70. The second-order valence-corrected chi connectivity index (χ2v) is 5.86. The average molecular weight is 260 g/mol. The van der Waals surface area contributed by atoms with Gasteiger partial charge in [-0.15, -0.1) is 0 Å². The van der Waals surface area contributed by atoms with E-state index in [-0.39, 0.29) is 0 Å². The van der Waals surface area contributed by atoms with E-state index in [2.05, 4.69) is 27.8 Å². The minimum absolute atomic E-state index is 0.644. The van der Waals surface area contributed by atoms with Gasteiger partial charge in [0.25, 0.3) is 0 Å². The largest absolute Gasteiger partial charge is 0.300 e. The fraction of sp³-hybridized carbons (Fsp3) is 1.00. The van der Waals surface area contributed by atoms with Crippen molar-refractivity contribution in [1.29, 1.82) is 0 Å². The first-order chi connectivity index (χ1) is 6.76. The maximum atomic E-state index is 3.70. The van der Waals surface area contributed by atoms with Crippen LogP contribution in [0.3, 0.4) is 0 Å². The molecule has 2 fully saturated rings. The van der Waals surface area contributed by atoms with Crippen molar-refractivity contribution in [2.75, 3.05) is 18.4 Å². The number of piperidine rings is 1. The van der Waals surface area contributed by atoms with Crippen LogP contribution in [0.4, 0.5) is 0 Å². The summed E-state index contributed by atoms with van der Waals surface area (Å²) in [4.78, 5) is 2.73. The number of hydrogen-bond acceptors (Lipinski definition) is 1. The molecule has 1 aliphatic heterocycles. The van der Waals surface area contributed by atoms with E-state index in [1.807, 2.05) is 0 Å². The van der Waals surface area contributed by atoms with E-state index < -0.39 is 0 Å². The van der Waals surface area contributed by atoms with Crippen molar-refractivity contribution in [1.82, 2.24) is 4.90 Å². The van der Waals surface area contributed by atoms with Crippen molar-refractivity contribution >= 4 is 15.9 Å². The van der Waals surface area contributed by atoms with E-state index in [4.69, 9.17) is 0 Å². The first-order valence-corrected chi connectivity index (χ1v) is 7.18. The van der Waals surface area contributed by atoms with E-state index in [9.17, 15) is 0 Å². The van der Waals surface area contributed by atoms with Gasteiger partial charge in [-0.1, -0.05) is 28.8 Å². The molecule has 1 atom stereocenters. The quantitative estimate of drug-likeness (QED) is 0.703. The third kappa shape index (κ3) is 2.16. The van der Waals surface area contributed by atoms with E-state index in [1.165, 1.54) is 56.9 Å². The van der Waals surface area contributed by atoms with Crippen LogP contribution in [0.1, 0.15) is 45.4 Å². The van der Waals surface area contributed by atoms with Crippen LogP contribution < -0.4 is 0 Å². The molecule has 2 aliphatic rings. The van der Waals surface area contributed by atoms with Gasteiger partial charge in [0.05, 0.1) is 0 Å². The summed E-state index contributed by atoms with van der Waals surface area (Å²) >= 11 is 3.70. The highest BCUT2D eigenvalue weighted by atomic mass is 79.9. The summed E-state index contributed by atoms with van der Waals surface area (Å²) in [6.45, 7) is 5.09. The topological polar surface area (TPSA) is 3.24 Å². The van der Waals surface area contributed by atoms with E-state index in [0.29, 0.717) is 5.41 Å². The predicted molar refractivity (Wildman–Crippen MR) is 65.0 cm³/mol. The van der Waals surface area contributed by atoms with E-state index in [0.717, 1.165) is 6.04 Å². The highest BCUT2D eigenvalue weighted by Gasteiger charge is 2.38. The number of alkyl halides is 1. The molecule has 2 rings (SSSR count). The number of likely N-dealkylation sites (tertiary alicyclic amines) is 1. The molecule has 0 radical (unpaired) electrons. The fourth-order valence-corrected chi connectivity index (χ4v) is 3.57. The van der Waals surface area contributed by atoms with Gasteiger partial charge in [-0.25, -0.2) is 0 Å². The Morgan fingerprint density at radius 2 is 2.07 bits per heavy atom. The molecule has 2 heteroatoms. The minimum atomic E-state index is 0.644. The summed E-state index contributed by atoms with van der Waals surface area (Å²) in [7, 11) is 0. The molecule has 0 aromatic heterocycles. The summed E-state index contributed by atoms with van der Waals surface area (Å²) in [5.41, 5.74) is 0.644. The molecule has 14 heavy (non-hydrogen) atoms. The zero-order chi connectivity index (χ0) is 10.0. The van der Waals surface area contributed by atoms with Crippen molar-refractivity contribution in [3.8, 4) is 0 Å². The Bertz CT molecular complexity index is 183. The molecule has 1 nitrogen and oxygen atoms in total. The van der Waals surface area contributed by atoms with Crippen LogP contribution >= 0.6 is 15.9 Å². The molecule has 82 valence electrons. The van der Waals surface area contributed by atoms with Crippen LogP contribution in [-0.2, 0) is 0 Å². The predicted octanol–water partition coefficient (Wildman–Crippen LogP) is 3.43. The third-order valence-corrected chi connectivity index (χ3v) is 5.37. The lowest BCUT2D eigenvalue weighted by molar-refractivity contribution is 0.0523. The van der Waals surface area contributed by atoms with Crippen LogP contribution in [0.25, 0.3) is 0 Å².